The van der Waals surface area contributed by atoms with Crippen molar-refractivity contribution in [2.24, 2.45) is 0 Å². The third-order valence-corrected chi connectivity index (χ3v) is 3.15. The molecular weight excluding hydrogens is 230 g/mol. The first-order chi connectivity index (χ1) is 8.36. The van der Waals surface area contributed by atoms with Gasteiger partial charge in [0.2, 0.25) is 0 Å². The van der Waals surface area contributed by atoms with Crippen molar-refractivity contribution in [1.82, 2.24) is 5.32 Å². The zero-order chi connectivity index (χ0) is 11.9. The predicted octanol–water partition coefficient (Wildman–Crippen LogP) is 3.23. The minimum Gasteiger partial charge on any atom is -0.387 e. The van der Waals surface area contributed by atoms with E-state index < -0.39 is 0 Å². The van der Waals surface area contributed by atoms with Crippen LogP contribution in [0.25, 0.3) is 0 Å². The van der Waals surface area contributed by atoms with E-state index in [1.807, 2.05) is 47.8 Å². The van der Waals surface area contributed by atoms with Crippen LogP contribution in [0.3, 0.4) is 0 Å². The van der Waals surface area contributed by atoms with Crippen LogP contribution in [-0.4, -0.2) is 5.78 Å². The van der Waals surface area contributed by atoms with Gasteiger partial charge >= 0.3 is 0 Å². The molecule has 1 heterocycles. The average molecular weight is 243 g/mol. The highest BCUT2D eigenvalue weighted by Gasteiger charge is 2.00. The maximum atomic E-state index is 11.6. The summed E-state index contributed by atoms with van der Waals surface area (Å²) in [6.45, 7) is 0.731. The first kappa shape index (κ1) is 11.6. The lowest BCUT2D eigenvalue weighted by Gasteiger charge is -1.99. The van der Waals surface area contributed by atoms with Gasteiger partial charge in [-0.3, -0.25) is 4.79 Å². The number of thiophene rings is 1. The summed E-state index contributed by atoms with van der Waals surface area (Å²) in [6.07, 6.45) is 3.27. The summed E-state index contributed by atoms with van der Waals surface area (Å²) >= 11 is 1.46. The Kier molecular flexibility index (Phi) is 4.11. The molecule has 0 saturated heterocycles. The molecule has 0 fully saturated rings. The van der Waals surface area contributed by atoms with Gasteiger partial charge in [-0.15, -0.1) is 11.3 Å². The quantitative estimate of drug-likeness (QED) is 0.645. The Balaban J connectivity index is 1.81. The summed E-state index contributed by atoms with van der Waals surface area (Å²) in [4.78, 5) is 12.4. The van der Waals surface area contributed by atoms with Gasteiger partial charge in [0.05, 0.1) is 4.88 Å². The molecule has 86 valence electrons. The summed E-state index contributed by atoms with van der Waals surface area (Å²) in [6, 6.07) is 13.8. The lowest BCUT2D eigenvalue weighted by atomic mass is 10.2. The van der Waals surface area contributed by atoms with E-state index in [-0.39, 0.29) is 5.78 Å². The van der Waals surface area contributed by atoms with Crippen LogP contribution in [0.4, 0.5) is 0 Å². The molecule has 0 aliphatic rings. The monoisotopic (exact) mass is 243 g/mol. The molecule has 0 bridgehead atoms. The molecule has 1 N–H and O–H groups in total. The standard InChI is InChI=1S/C14H13NOS/c16-13(14-7-4-10-17-14)8-9-15-11-12-5-2-1-3-6-12/h1-10,15H,11H2. The Bertz CT molecular complexity index is 488. The van der Waals surface area contributed by atoms with Crippen LogP contribution in [0.5, 0.6) is 0 Å². The van der Waals surface area contributed by atoms with E-state index in [0.717, 1.165) is 11.4 Å². The maximum Gasteiger partial charge on any atom is 0.197 e. The second-order valence-corrected chi connectivity index (χ2v) is 4.49. The number of hydrogen-bond donors (Lipinski definition) is 1. The molecule has 0 radical (unpaired) electrons. The summed E-state index contributed by atoms with van der Waals surface area (Å²) in [5.74, 6) is 0.0422. The normalized spacial score (nSPS) is 10.6. The zero-order valence-electron chi connectivity index (χ0n) is 9.30. The highest BCUT2D eigenvalue weighted by atomic mass is 32.1. The Morgan fingerprint density at radius 3 is 2.71 bits per heavy atom. The number of rotatable bonds is 5. The third-order valence-electron chi connectivity index (χ3n) is 2.27. The highest BCUT2D eigenvalue weighted by molar-refractivity contribution is 7.12. The molecule has 0 saturated carbocycles. The molecule has 0 aliphatic heterocycles. The van der Waals surface area contributed by atoms with Gasteiger partial charge in [-0.25, -0.2) is 0 Å². The van der Waals surface area contributed by atoms with Crippen molar-refractivity contribution in [1.29, 1.82) is 0 Å². The molecule has 3 heteroatoms. The molecule has 0 amide bonds. The summed E-state index contributed by atoms with van der Waals surface area (Å²) in [5.41, 5.74) is 1.20. The maximum absolute atomic E-state index is 11.6. The van der Waals surface area contributed by atoms with Gasteiger partial charge in [-0.05, 0) is 17.0 Å². The fourth-order valence-electron chi connectivity index (χ4n) is 1.41. The molecule has 2 aromatic rings. The van der Waals surface area contributed by atoms with Crippen LogP contribution >= 0.6 is 11.3 Å². The number of carbonyl (C=O) groups excluding carboxylic acids is 1. The topological polar surface area (TPSA) is 29.1 Å². The van der Waals surface area contributed by atoms with Gasteiger partial charge in [-0.1, -0.05) is 36.4 Å². The molecule has 0 spiro atoms. The molecule has 0 unspecified atom stereocenters. The Morgan fingerprint density at radius 1 is 1.18 bits per heavy atom. The van der Waals surface area contributed by atoms with Crippen LogP contribution in [0, 0.1) is 0 Å². The Morgan fingerprint density at radius 2 is 2.00 bits per heavy atom. The third kappa shape index (κ3) is 3.57. The number of benzene rings is 1. The van der Waals surface area contributed by atoms with Crippen LogP contribution in [0.2, 0.25) is 0 Å². The van der Waals surface area contributed by atoms with Gasteiger partial charge in [0.15, 0.2) is 5.78 Å². The van der Waals surface area contributed by atoms with Gasteiger partial charge in [-0.2, -0.15) is 0 Å². The van der Waals surface area contributed by atoms with Crippen molar-refractivity contribution in [2.75, 3.05) is 0 Å². The molecule has 17 heavy (non-hydrogen) atoms. The number of ketones is 1. The van der Waals surface area contributed by atoms with Crippen LogP contribution in [0.15, 0.2) is 60.1 Å². The van der Waals surface area contributed by atoms with Crippen LogP contribution in [0.1, 0.15) is 15.2 Å². The number of allylic oxidation sites excluding steroid dienone is 1. The van der Waals surface area contributed by atoms with E-state index >= 15 is 0 Å². The first-order valence-corrected chi connectivity index (χ1v) is 6.26. The minimum absolute atomic E-state index is 0.0422. The van der Waals surface area contributed by atoms with E-state index in [1.54, 1.807) is 12.3 Å². The van der Waals surface area contributed by atoms with E-state index in [0.29, 0.717) is 0 Å². The van der Waals surface area contributed by atoms with E-state index in [2.05, 4.69) is 5.32 Å². The fourth-order valence-corrected chi connectivity index (χ4v) is 2.05. The summed E-state index contributed by atoms with van der Waals surface area (Å²) < 4.78 is 0. The molecule has 1 aromatic heterocycles. The van der Waals surface area contributed by atoms with Crippen molar-refractivity contribution in [2.45, 2.75) is 6.54 Å². The van der Waals surface area contributed by atoms with Gasteiger partial charge < -0.3 is 5.32 Å². The van der Waals surface area contributed by atoms with Crippen molar-refractivity contribution in [3.8, 4) is 0 Å². The van der Waals surface area contributed by atoms with Gasteiger partial charge in [0, 0.05) is 18.8 Å². The zero-order valence-corrected chi connectivity index (χ0v) is 10.1. The summed E-state index contributed by atoms with van der Waals surface area (Å²) in [7, 11) is 0. The van der Waals surface area contributed by atoms with Crippen LogP contribution in [-0.2, 0) is 6.54 Å². The first-order valence-electron chi connectivity index (χ1n) is 5.38. The van der Waals surface area contributed by atoms with E-state index in [9.17, 15) is 4.79 Å². The largest absolute Gasteiger partial charge is 0.387 e. The number of nitrogens with one attached hydrogen (secondary N) is 1. The Hall–Kier alpha value is -1.87. The molecule has 2 nitrogen and oxygen atoms in total. The average Bonchev–Trinajstić information content (AvgIpc) is 2.89. The fraction of sp³-hybridized carbons (Fsp3) is 0.0714. The molecule has 2 rings (SSSR count). The molecule has 0 aliphatic carbocycles. The van der Waals surface area contributed by atoms with Gasteiger partial charge in [0.1, 0.15) is 0 Å². The number of hydrogen-bond acceptors (Lipinski definition) is 3. The molecule has 1 aromatic carbocycles. The number of carbonyl (C=O) groups is 1. The minimum atomic E-state index is 0.0422. The smallest absolute Gasteiger partial charge is 0.197 e. The van der Waals surface area contributed by atoms with Crippen molar-refractivity contribution in [3.63, 3.8) is 0 Å². The lowest BCUT2D eigenvalue weighted by molar-refractivity contribution is 0.105. The van der Waals surface area contributed by atoms with Crippen LogP contribution < -0.4 is 5.32 Å². The van der Waals surface area contributed by atoms with Crippen molar-refractivity contribution >= 4 is 17.1 Å². The Labute approximate surface area is 105 Å². The lowest BCUT2D eigenvalue weighted by Crippen LogP contribution is -2.05. The van der Waals surface area contributed by atoms with Crippen molar-refractivity contribution < 1.29 is 4.79 Å². The van der Waals surface area contributed by atoms with Gasteiger partial charge in [0.25, 0.3) is 0 Å². The molecule has 0 atom stereocenters. The van der Waals surface area contributed by atoms with Crippen molar-refractivity contribution in [3.05, 3.63) is 70.6 Å². The van der Waals surface area contributed by atoms with E-state index in [1.165, 1.54) is 16.9 Å². The molecular formula is C14H13NOS. The second kappa shape index (κ2) is 6.01. The SMILES string of the molecule is O=C(C=CNCc1ccccc1)c1cccs1. The highest BCUT2D eigenvalue weighted by Crippen LogP contribution is 2.09. The second-order valence-electron chi connectivity index (χ2n) is 3.54. The summed E-state index contributed by atoms with van der Waals surface area (Å²) in [5, 5.41) is 5.00. The predicted molar refractivity (Wildman–Crippen MR) is 71.1 cm³/mol. The van der Waals surface area contributed by atoms with E-state index in [4.69, 9.17) is 0 Å².